The van der Waals surface area contributed by atoms with Gasteiger partial charge in [0.1, 0.15) is 0 Å². The summed E-state index contributed by atoms with van der Waals surface area (Å²) < 4.78 is 0. The molecule has 0 aromatic heterocycles. The number of carbonyl (C=O) groups is 2. The van der Waals surface area contributed by atoms with Crippen molar-refractivity contribution in [2.24, 2.45) is 0 Å². The summed E-state index contributed by atoms with van der Waals surface area (Å²) in [6.45, 7) is 2.17. The van der Waals surface area contributed by atoms with Crippen molar-refractivity contribution >= 4 is 11.9 Å². The molecule has 0 radical (unpaired) electrons. The van der Waals surface area contributed by atoms with E-state index in [1.165, 1.54) is 51.4 Å². The van der Waals surface area contributed by atoms with Crippen molar-refractivity contribution < 1.29 is 41.5 Å². The first-order valence-corrected chi connectivity index (χ1v) is 7.60. The summed E-state index contributed by atoms with van der Waals surface area (Å²) in [7, 11) is 0. The zero-order chi connectivity index (χ0) is 15.8. The quantitative estimate of drug-likeness (QED) is 0.548. The van der Waals surface area contributed by atoms with Crippen LogP contribution in [-0.4, -0.2) is 22.2 Å². The third-order valence-corrected chi connectivity index (χ3v) is 3.73. The Kier molecular flexibility index (Phi) is 13.1. The van der Waals surface area contributed by atoms with E-state index in [4.69, 9.17) is 19.8 Å². The van der Waals surface area contributed by atoms with E-state index in [1.54, 1.807) is 22.3 Å². The number of carboxylic acid groups (broad SMARTS) is 2. The largest absolute Gasteiger partial charge is 2.00 e. The Bertz CT molecular complexity index is 441. The summed E-state index contributed by atoms with van der Waals surface area (Å²) in [6, 6.07) is 2.52. The molecular weight excluding hydrogens is 328 g/mol. The fraction of sp³-hybridized carbons (Fsp3) is 0.556. The fourth-order valence-electron chi connectivity index (χ4n) is 3.08. The minimum absolute atomic E-state index is 0. The standard InChI is InChI=1S/C13H17.2C2H4O2.CH3.Ti/c1-3-7-12-10(5-1)9-11-6-2-4-8-13(11)12;2*1-2(3)4;;/h9H,1-8H2;2*1H3,(H,3,4);1H3;/q-1;;;-1;+2. The van der Waals surface area contributed by atoms with Gasteiger partial charge in [0, 0.05) is 13.8 Å². The van der Waals surface area contributed by atoms with Crippen molar-refractivity contribution in [3.63, 3.8) is 0 Å². The van der Waals surface area contributed by atoms with Crippen LogP contribution in [0.15, 0.2) is 6.07 Å². The first kappa shape index (κ1) is 24.3. The summed E-state index contributed by atoms with van der Waals surface area (Å²) in [5.41, 5.74) is 6.94. The second-order valence-electron chi connectivity index (χ2n) is 5.60. The average molecular weight is 356 g/mol. The van der Waals surface area contributed by atoms with Gasteiger partial charge in [0.2, 0.25) is 0 Å². The summed E-state index contributed by atoms with van der Waals surface area (Å²) in [6.07, 6.45) is 11.2. The van der Waals surface area contributed by atoms with E-state index in [0.29, 0.717) is 0 Å². The maximum atomic E-state index is 9.00. The third kappa shape index (κ3) is 9.02. The van der Waals surface area contributed by atoms with Gasteiger partial charge >= 0.3 is 21.7 Å². The van der Waals surface area contributed by atoms with Gasteiger partial charge in [-0.1, -0.05) is 51.4 Å². The zero-order valence-electron chi connectivity index (χ0n) is 14.4. The maximum Gasteiger partial charge on any atom is 2.00 e. The molecule has 128 valence electrons. The van der Waals surface area contributed by atoms with E-state index >= 15 is 0 Å². The molecule has 3 rings (SSSR count). The third-order valence-electron chi connectivity index (χ3n) is 3.73. The van der Waals surface area contributed by atoms with Crippen LogP contribution in [0.4, 0.5) is 0 Å². The molecule has 4 nitrogen and oxygen atoms in total. The van der Waals surface area contributed by atoms with Crippen LogP contribution in [0.3, 0.4) is 0 Å². The first-order valence-electron chi connectivity index (χ1n) is 7.60. The molecule has 23 heavy (non-hydrogen) atoms. The SMILES string of the molecule is CC(=O)O.CC(=O)O.[CH3-].[Ti+2].[cH-]1c2c(c3c1CCCC3)CCCC2. The Morgan fingerprint density at radius 3 is 1.35 bits per heavy atom. The Hall–Kier alpha value is -0.996. The van der Waals surface area contributed by atoms with Crippen LogP contribution in [0, 0.1) is 7.43 Å². The van der Waals surface area contributed by atoms with Gasteiger partial charge in [-0.3, -0.25) is 9.59 Å². The van der Waals surface area contributed by atoms with Crippen LogP contribution in [0.25, 0.3) is 0 Å². The molecule has 0 saturated carbocycles. The van der Waals surface area contributed by atoms with Crippen molar-refractivity contribution in [2.45, 2.75) is 65.2 Å². The number of hydrogen-bond donors (Lipinski definition) is 2. The Morgan fingerprint density at radius 2 is 1.04 bits per heavy atom. The van der Waals surface area contributed by atoms with E-state index in [9.17, 15) is 0 Å². The minimum atomic E-state index is -0.833. The van der Waals surface area contributed by atoms with Crippen molar-refractivity contribution in [1.82, 2.24) is 0 Å². The number of hydrogen-bond acceptors (Lipinski definition) is 2. The van der Waals surface area contributed by atoms with Crippen LogP contribution in [-0.2, 0) is 57.0 Å². The molecule has 0 spiro atoms. The molecule has 0 aliphatic heterocycles. The van der Waals surface area contributed by atoms with Gasteiger partial charge in [-0.25, -0.2) is 0 Å². The van der Waals surface area contributed by atoms with Gasteiger partial charge in [-0.05, 0) is 0 Å². The van der Waals surface area contributed by atoms with Crippen LogP contribution >= 0.6 is 0 Å². The summed E-state index contributed by atoms with van der Waals surface area (Å²) in [5, 5.41) is 14.8. The van der Waals surface area contributed by atoms with Crippen molar-refractivity contribution in [1.29, 1.82) is 0 Å². The molecule has 0 bridgehead atoms. The van der Waals surface area contributed by atoms with E-state index < -0.39 is 11.9 Å². The van der Waals surface area contributed by atoms with Gasteiger partial charge < -0.3 is 17.6 Å². The van der Waals surface area contributed by atoms with Gasteiger partial charge in [-0.15, -0.1) is 0 Å². The molecule has 0 amide bonds. The topological polar surface area (TPSA) is 74.6 Å². The Labute approximate surface area is 154 Å². The zero-order valence-corrected chi connectivity index (χ0v) is 16.0. The van der Waals surface area contributed by atoms with E-state index in [2.05, 4.69) is 6.07 Å². The number of carboxylic acids is 2. The summed E-state index contributed by atoms with van der Waals surface area (Å²) in [5.74, 6) is -1.67. The maximum absolute atomic E-state index is 9.00. The second kappa shape index (κ2) is 12.4. The van der Waals surface area contributed by atoms with Crippen LogP contribution < -0.4 is 0 Å². The molecule has 0 heterocycles. The van der Waals surface area contributed by atoms with Crippen molar-refractivity contribution in [2.75, 3.05) is 0 Å². The van der Waals surface area contributed by atoms with E-state index in [1.807, 2.05) is 0 Å². The normalized spacial score (nSPS) is 14.0. The fourth-order valence-corrected chi connectivity index (χ4v) is 3.08. The average Bonchev–Trinajstić information content (AvgIpc) is 2.76. The summed E-state index contributed by atoms with van der Waals surface area (Å²) in [4.78, 5) is 18.0. The molecule has 0 fully saturated rings. The van der Waals surface area contributed by atoms with Gasteiger partial charge in [0.05, 0.1) is 0 Å². The van der Waals surface area contributed by atoms with Crippen LogP contribution in [0.1, 0.15) is 61.8 Å². The molecule has 1 aromatic rings. The monoisotopic (exact) mass is 356 g/mol. The molecular formula is C18H28O4Ti. The predicted molar refractivity (Wildman–Crippen MR) is 88.4 cm³/mol. The van der Waals surface area contributed by atoms with Crippen molar-refractivity contribution in [3.8, 4) is 0 Å². The number of aryl methyl sites for hydroxylation is 2. The summed E-state index contributed by atoms with van der Waals surface area (Å²) >= 11 is 0. The molecule has 2 aliphatic rings. The molecule has 2 N–H and O–H groups in total. The molecule has 5 heteroatoms. The van der Waals surface area contributed by atoms with Gasteiger partial charge in [-0.2, -0.15) is 28.3 Å². The van der Waals surface area contributed by atoms with E-state index in [0.717, 1.165) is 13.8 Å². The van der Waals surface area contributed by atoms with Gasteiger partial charge in [0.25, 0.3) is 11.9 Å². The van der Waals surface area contributed by atoms with Gasteiger partial charge in [0.15, 0.2) is 0 Å². The number of aliphatic carboxylic acids is 2. The minimum Gasteiger partial charge on any atom is -0.481 e. The number of rotatable bonds is 0. The second-order valence-corrected chi connectivity index (χ2v) is 5.60. The Balaban J connectivity index is 0. The van der Waals surface area contributed by atoms with Crippen LogP contribution in [0.5, 0.6) is 0 Å². The number of fused-ring (bicyclic) bond motifs is 3. The molecule has 0 atom stereocenters. The Morgan fingerprint density at radius 1 is 0.783 bits per heavy atom. The predicted octanol–water partition coefficient (Wildman–Crippen LogP) is 3.79. The first-order chi connectivity index (χ1) is 9.91. The molecule has 0 unspecified atom stereocenters. The van der Waals surface area contributed by atoms with E-state index in [-0.39, 0.29) is 29.1 Å². The smallest absolute Gasteiger partial charge is 0.481 e. The van der Waals surface area contributed by atoms with Crippen molar-refractivity contribution in [3.05, 3.63) is 35.7 Å². The molecule has 2 aliphatic carbocycles. The van der Waals surface area contributed by atoms with Crippen LogP contribution in [0.2, 0.25) is 0 Å². The molecule has 0 saturated heterocycles. The molecule has 1 aromatic carbocycles.